The Balaban J connectivity index is 1.90. The molecular formula is C13H14BrN3O3. The van der Waals surface area contributed by atoms with E-state index in [0.717, 1.165) is 10.0 Å². The number of nitrogens with zero attached hydrogens (tertiary/aromatic N) is 2. The van der Waals surface area contributed by atoms with E-state index < -0.39 is 0 Å². The topological polar surface area (TPSA) is 77.2 Å². The zero-order valence-electron chi connectivity index (χ0n) is 10.9. The van der Waals surface area contributed by atoms with Gasteiger partial charge in [0, 0.05) is 11.0 Å². The third-order valence-corrected chi connectivity index (χ3v) is 3.27. The van der Waals surface area contributed by atoms with Gasteiger partial charge >= 0.3 is 5.97 Å². The fraction of sp³-hybridized carbons (Fsp3) is 0.308. The van der Waals surface area contributed by atoms with Crippen molar-refractivity contribution in [3.63, 3.8) is 0 Å². The maximum absolute atomic E-state index is 10.9. The van der Waals surface area contributed by atoms with Crippen LogP contribution in [-0.4, -0.2) is 29.8 Å². The Bertz CT molecular complexity index is 586. The normalized spacial score (nSPS) is 10.5. The number of hydrogen-bond acceptors (Lipinski definition) is 6. The highest BCUT2D eigenvalue weighted by molar-refractivity contribution is 9.10. The molecular weight excluding hydrogens is 326 g/mol. The van der Waals surface area contributed by atoms with Crippen LogP contribution in [-0.2, 0) is 16.1 Å². The molecule has 1 N–H and O–H groups in total. The Morgan fingerprint density at radius 2 is 2.20 bits per heavy atom. The Morgan fingerprint density at radius 3 is 2.95 bits per heavy atom. The first-order valence-corrected chi connectivity index (χ1v) is 6.85. The molecule has 2 aromatic rings. The molecule has 106 valence electrons. The van der Waals surface area contributed by atoms with Crippen LogP contribution in [0.5, 0.6) is 0 Å². The molecule has 0 saturated heterocycles. The van der Waals surface area contributed by atoms with E-state index in [1.807, 2.05) is 24.3 Å². The van der Waals surface area contributed by atoms with Crippen LogP contribution >= 0.6 is 15.9 Å². The second-order valence-electron chi connectivity index (χ2n) is 3.98. The Labute approximate surface area is 124 Å². The number of methoxy groups -OCH3 is 1. The van der Waals surface area contributed by atoms with Crippen LogP contribution in [0.15, 0.2) is 33.2 Å². The fourth-order valence-corrected chi connectivity index (χ4v) is 2.01. The Kier molecular flexibility index (Phi) is 5.25. The summed E-state index contributed by atoms with van der Waals surface area (Å²) in [6.07, 6.45) is 0.307. The lowest BCUT2D eigenvalue weighted by molar-refractivity contribution is -0.140. The molecule has 0 aliphatic heterocycles. The zero-order valence-corrected chi connectivity index (χ0v) is 12.5. The molecule has 0 atom stereocenters. The molecule has 0 fully saturated rings. The highest BCUT2D eigenvalue weighted by atomic mass is 79.9. The van der Waals surface area contributed by atoms with Gasteiger partial charge in [0.25, 0.3) is 0 Å². The number of nitrogens with one attached hydrogen (secondary N) is 1. The standard InChI is InChI=1S/C13H14BrN3O3/c1-19-12(18)6-7-15-8-11-16-17-13(20-11)9-4-2-3-5-10(9)14/h2-5,15H,6-8H2,1H3. The summed E-state index contributed by atoms with van der Waals surface area (Å²) in [7, 11) is 1.37. The van der Waals surface area contributed by atoms with Gasteiger partial charge in [-0.25, -0.2) is 0 Å². The summed E-state index contributed by atoms with van der Waals surface area (Å²) in [6, 6.07) is 7.62. The average Bonchev–Trinajstić information content (AvgIpc) is 2.92. The Hall–Kier alpha value is -1.73. The first kappa shape index (κ1) is 14.7. The summed E-state index contributed by atoms with van der Waals surface area (Å²) in [5.74, 6) is 0.680. The molecule has 0 aliphatic rings. The van der Waals surface area contributed by atoms with Gasteiger partial charge in [0.05, 0.1) is 25.6 Å². The summed E-state index contributed by atoms with van der Waals surface area (Å²) >= 11 is 3.44. The molecule has 1 aromatic heterocycles. The van der Waals surface area contributed by atoms with Crippen molar-refractivity contribution in [3.8, 4) is 11.5 Å². The van der Waals surface area contributed by atoms with E-state index in [4.69, 9.17) is 4.42 Å². The molecule has 6 nitrogen and oxygen atoms in total. The van der Waals surface area contributed by atoms with Crippen LogP contribution in [0.1, 0.15) is 12.3 Å². The second-order valence-corrected chi connectivity index (χ2v) is 4.84. The van der Waals surface area contributed by atoms with Crippen molar-refractivity contribution in [2.45, 2.75) is 13.0 Å². The van der Waals surface area contributed by atoms with E-state index in [1.54, 1.807) is 0 Å². The number of esters is 1. The number of benzene rings is 1. The van der Waals surface area contributed by atoms with E-state index in [1.165, 1.54) is 7.11 Å². The smallest absolute Gasteiger partial charge is 0.306 e. The molecule has 0 saturated carbocycles. The summed E-state index contributed by atoms with van der Waals surface area (Å²) in [5, 5.41) is 11.0. The van der Waals surface area contributed by atoms with E-state index in [2.05, 4.69) is 36.2 Å². The van der Waals surface area contributed by atoms with E-state index in [9.17, 15) is 4.79 Å². The van der Waals surface area contributed by atoms with Crippen LogP contribution in [0.2, 0.25) is 0 Å². The molecule has 0 spiro atoms. The maximum Gasteiger partial charge on any atom is 0.306 e. The number of aromatic nitrogens is 2. The van der Waals surface area contributed by atoms with Crippen LogP contribution in [0.3, 0.4) is 0 Å². The number of carbonyl (C=O) groups excluding carboxylic acids is 1. The lowest BCUT2D eigenvalue weighted by atomic mass is 10.2. The first-order chi connectivity index (χ1) is 9.70. The first-order valence-electron chi connectivity index (χ1n) is 6.05. The van der Waals surface area contributed by atoms with Crippen molar-refractivity contribution >= 4 is 21.9 Å². The van der Waals surface area contributed by atoms with E-state index in [-0.39, 0.29) is 5.97 Å². The number of hydrogen-bond donors (Lipinski definition) is 1. The van der Waals surface area contributed by atoms with Crippen LogP contribution in [0.25, 0.3) is 11.5 Å². The molecule has 0 radical (unpaired) electrons. The molecule has 7 heteroatoms. The molecule has 0 amide bonds. The van der Waals surface area contributed by atoms with Crippen molar-refractivity contribution in [1.29, 1.82) is 0 Å². The van der Waals surface area contributed by atoms with Gasteiger partial charge in [0.1, 0.15) is 0 Å². The van der Waals surface area contributed by atoms with Gasteiger partial charge in [-0.3, -0.25) is 4.79 Å². The number of rotatable bonds is 6. The molecule has 0 unspecified atom stereocenters. The SMILES string of the molecule is COC(=O)CCNCc1nnc(-c2ccccc2Br)o1. The van der Waals surface area contributed by atoms with Crippen molar-refractivity contribution < 1.29 is 13.9 Å². The Morgan fingerprint density at radius 1 is 1.40 bits per heavy atom. The van der Waals surface area contributed by atoms with Gasteiger partial charge in [-0.05, 0) is 28.1 Å². The monoisotopic (exact) mass is 339 g/mol. The molecule has 0 aliphatic carbocycles. The summed E-state index contributed by atoms with van der Waals surface area (Å²) < 4.78 is 11.0. The molecule has 2 rings (SSSR count). The summed E-state index contributed by atoms with van der Waals surface area (Å²) in [5.41, 5.74) is 0.848. The van der Waals surface area contributed by atoms with Gasteiger partial charge in [0.2, 0.25) is 11.8 Å². The average molecular weight is 340 g/mol. The van der Waals surface area contributed by atoms with Crippen molar-refractivity contribution in [1.82, 2.24) is 15.5 Å². The van der Waals surface area contributed by atoms with Gasteiger partial charge in [-0.15, -0.1) is 10.2 Å². The number of halogens is 1. The van der Waals surface area contributed by atoms with Crippen molar-refractivity contribution in [2.75, 3.05) is 13.7 Å². The van der Waals surface area contributed by atoms with Gasteiger partial charge in [0.15, 0.2) is 0 Å². The fourth-order valence-electron chi connectivity index (χ4n) is 1.56. The number of ether oxygens (including phenoxy) is 1. The third-order valence-electron chi connectivity index (χ3n) is 2.58. The van der Waals surface area contributed by atoms with Gasteiger partial charge in [-0.2, -0.15) is 0 Å². The highest BCUT2D eigenvalue weighted by Gasteiger charge is 2.10. The second kappa shape index (κ2) is 7.16. The van der Waals surface area contributed by atoms with Crippen LogP contribution in [0.4, 0.5) is 0 Å². The third kappa shape index (κ3) is 3.88. The number of carbonyl (C=O) groups is 1. The van der Waals surface area contributed by atoms with Crippen LogP contribution in [0, 0.1) is 0 Å². The quantitative estimate of drug-likeness (QED) is 0.641. The van der Waals surface area contributed by atoms with Crippen molar-refractivity contribution in [2.24, 2.45) is 0 Å². The highest BCUT2D eigenvalue weighted by Crippen LogP contribution is 2.26. The van der Waals surface area contributed by atoms with E-state index in [0.29, 0.717) is 31.3 Å². The summed E-state index contributed by atoms with van der Waals surface area (Å²) in [4.78, 5) is 10.9. The lowest BCUT2D eigenvalue weighted by Crippen LogP contribution is -2.18. The predicted molar refractivity (Wildman–Crippen MR) is 75.8 cm³/mol. The zero-order chi connectivity index (χ0) is 14.4. The molecule has 20 heavy (non-hydrogen) atoms. The van der Waals surface area contributed by atoms with E-state index >= 15 is 0 Å². The minimum absolute atomic E-state index is 0.253. The van der Waals surface area contributed by atoms with Gasteiger partial charge < -0.3 is 14.5 Å². The lowest BCUT2D eigenvalue weighted by Gasteiger charge is -2.00. The van der Waals surface area contributed by atoms with Crippen LogP contribution < -0.4 is 5.32 Å². The van der Waals surface area contributed by atoms with Gasteiger partial charge in [-0.1, -0.05) is 12.1 Å². The molecule has 0 bridgehead atoms. The largest absolute Gasteiger partial charge is 0.469 e. The summed E-state index contributed by atoms with van der Waals surface area (Å²) in [6.45, 7) is 0.911. The predicted octanol–water partition coefficient (Wildman–Crippen LogP) is 2.15. The minimum atomic E-state index is -0.253. The molecule has 1 aromatic carbocycles. The maximum atomic E-state index is 10.9. The van der Waals surface area contributed by atoms with Crippen molar-refractivity contribution in [3.05, 3.63) is 34.6 Å². The molecule has 1 heterocycles. The minimum Gasteiger partial charge on any atom is -0.469 e.